The van der Waals surface area contributed by atoms with Crippen LogP contribution < -0.4 is 5.73 Å². The van der Waals surface area contributed by atoms with Crippen LogP contribution >= 0.6 is 15.9 Å². The zero-order chi connectivity index (χ0) is 9.14. The van der Waals surface area contributed by atoms with Crippen LogP contribution in [0.1, 0.15) is 19.8 Å². The monoisotopic (exact) mass is 234 g/mol. The molecule has 1 aliphatic rings. The van der Waals surface area contributed by atoms with E-state index in [9.17, 15) is 4.79 Å². The molecule has 0 aliphatic carbocycles. The molecule has 70 valence electrons. The lowest BCUT2D eigenvalue weighted by Crippen LogP contribution is -2.47. The maximum absolute atomic E-state index is 11.4. The van der Waals surface area contributed by atoms with Crippen LogP contribution in [0.25, 0.3) is 0 Å². The molecule has 0 bridgehead atoms. The Labute approximate surface area is 81.4 Å². The molecule has 2 atom stereocenters. The van der Waals surface area contributed by atoms with Gasteiger partial charge in [-0.1, -0.05) is 15.9 Å². The van der Waals surface area contributed by atoms with Crippen molar-refractivity contribution >= 4 is 21.8 Å². The zero-order valence-corrected chi connectivity index (χ0v) is 8.88. The molecule has 1 heterocycles. The summed E-state index contributed by atoms with van der Waals surface area (Å²) in [7, 11) is 0. The minimum atomic E-state index is -0.359. The minimum absolute atomic E-state index is 0.0687. The number of rotatable bonds is 1. The second kappa shape index (κ2) is 4.23. The molecule has 1 saturated heterocycles. The number of hydrogen-bond acceptors (Lipinski definition) is 2. The second-order valence-electron chi connectivity index (χ2n) is 3.31. The molecular formula is C8H15BrN2O. The average Bonchev–Trinajstić information content (AvgIpc) is 2.03. The Bertz CT molecular complexity index is 172. The molecule has 1 fully saturated rings. The van der Waals surface area contributed by atoms with E-state index in [1.165, 1.54) is 0 Å². The Hall–Kier alpha value is -0.0900. The maximum atomic E-state index is 11.4. The molecular weight excluding hydrogens is 220 g/mol. The van der Waals surface area contributed by atoms with E-state index in [4.69, 9.17) is 5.73 Å². The van der Waals surface area contributed by atoms with Crippen LogP contribution in [0.3, 0.4) is 0 Å². The van der Waals surface area contributed by atoms with Crippen LogP contribution in [-0.4, -0.2) is 34.8 Å². The first-order valence-corrected chi connectivity index (χ1v) is 5.21. The highest BCUT2D eigenvalue weighted by molar-refractivity contribution is 9.09. The molecule has 1 aliphatic heterocycles. The molecule has 3 nitrogen and oxygen atoms in total. The van der Waals surface area contributed by atoms with E-state index < -0.39 is 0 Å². The molecule has 0 saturated carbocycles. The van der Waals surface area contributed by atoms with Crippen LogP contribution in [0.15, 0.2) is 0 Å². The summed E-state index contributed by atoms with van der Waals surface area (Å²) >= 11 is 3.51. The normalized spacial score (nSPS) is 26.9. The third-order valence-electron chi connectivity index (χ3n) is 2.07. The van der Waals surface area contributed by atoms with Crippen LogP contribution in [0.2, 0.25) is 0 Å². The van der Waals surface area contributed by atoms with Gasteiger partial charge in [-0.25, -0.2) is 0 Å². The maximum Gasteiger partial charge on any atom is 0.239 e. The fourth-order valence-electron chi connectivity index (χ4n) is 1.41. The Morgan fingerprint density at radius 2 is 2.42 bits per heavy atom. The smallest absolute Gasteiger partial charge is 0.239 e. The second-order valence-corrected chi connectivity index (χ2v) is 4.61. The van der Waals surface area contributed by atoms with Crippen molar-refractivity contribution in [3.05, 3.63) is 0 Å². The minimum Gasteiger partial charge on any atom is -0.340 e. The molecule has 2 N–H and O–H groups in total. The number of piperidine rings is 1. The first kappa shape index (κ1) is 9.99. The van der Waals surface area contributed by atoms with Crippen molar-refractivity contribution in [2.75, 3.05) is 13.1 Å². The van der Waals surface area contributed by atoms with Gasteiger partial charge < -0.3 is 10.6 Å². The lowest BCUT2D eigenvalue weighted by molar-refractivity contribution is -0.132. The van der Waals surface area contributed by atoms with E-state index in [-0.39, 0.29) is 11.9 Å². The molecule has 0 aromatic carbocycles. The van der Waals surface area contributed by atoms with Gasteiger partial charge in [-0.2, -0.15) is 0 Å². The molecule has 0 unspecified atom stereocenters. The Morgan fingerprint density at radius 1 is 1.75 bits per heavy atom. The molecule has 0 aromatic heterocycles. The van der Waals surface area contributed by atoms with Crippen molar-refractivity contribution in [2.45, 2.75) is 30.6 Å². The Kier molecular flexibility index (Phi) is 3.53. The topological polar surface area (TPSA) is 46.3 Å². The summed E-state index contributed by atoms with van der Waals surface area (Å²) in [5.41, 5.74) is 5.51. The standard InChI is InChI=1S/C8H15BrN2O/c1-6(10)8(12)11-4-2-3-7(9)5-11/h6-7H,2-5,10H2,1H3/t6-,7+/m0/s1. The largest absolute Gasteiger partial charge is 0.340 e. The van der Waals surface area contributed by atoms with Gasteiger partial charge in [0.05, 0.1) is 6.04 Å². The van der Waals surface area contributed by atoms with Gasteiger partial charge in [-0.15, -0.1) is 0 Å². The van der Waals surface area contributed by atoms with Crippen molar-refractivity contribution in [3.63, 3.8) is 0 Å². The SMILES string of the molecule is C[C@H](N)C(=O)N1CCC[C@@H](Br)C1. The summed E-state index contributed by atoms with van der Waals surface area (Å²) in [6.07, 6.45) is 2.23. The highest BCUT2D eigenvalue weighted by atomic mass is 79.9. The molecule has 0 radical (unpaired) electrons. The van der Waals surface area contributed by atoms with Gasteiger partial charge in [0.2, 0.25) is 5.91 Å². The van der Waals surface area contributed by atoms with Gasteiger partial charge in [-0.05, 0) is 19.8 Å². The summed E-state index contributed by atoms with van der Waals surface area (Å²) in [6, 6.07) is -0.359. The van der Waals surface area contributed by atoms with Crippen LogP contribution in [0, 0.1) is 0 Å². The van der Waals surface area contributed by atoms with Crippen molar-refractivity contribution in [1.82, 2.24) is 4.90 Å². The molecule has 0 aromatic rings. The van der Waals surface area contributed by atoms with Crippen LogP contribution in [0.5, 0.6) is 0 Å². The van der Waals surface area contributed by atoms with Gasteiger partial charge in [0.15, 0.2) is 0 Å². The highest BCUT2D eigenvalue weighted by Gasteiger charge is 2.23. The van der Waals surface area contributed by atoms with Crippen molar-refractivity contribution in [2.24, 2.45) is 5.73 Å². The van der Waals surface area contributed by atoms with Crippen LogP contribution in [-0.2, 0) is 4.79 Å². The van der Waals surface area contributed by atoms with E-state index >= 15 is 0 Å². The number of nitrogens with zero attached hydrogens (tertiary/aromatic N) is 1. The van der Waals surface area contributed by atoms with Crippen molar-refractivity contribution in [3.8, 4) is 0 Å². The van der Waals surface area contributed by atoms with Gasteiger partial charge in [0.1, 0.15) is 0 Å². The van der Waals surface area contributed by atoms with E-state index in [1.807, 2.05) is 4.90 Å². The molecule has 1 rings (SSSR count). The quantitative estimate of drug-likeness (QED) is 0.680. The van der Waals surface area contributed by atoms with Gasteiger partial charge in [0.25, 0.3) is 0 Å². The lowest BCUT2D eigenvalue weighted by Gasteiger charge is -2.31. The van der Waals surface area contributed by atoms with Crippen LogP contribution in [0.4, 0.5) is 0 Å². The molecule has 1 amide bonds. The van der Waals surface area contributed by atoms with Gasteiger partial charge in [0, 0.05) is 17.9 Å². The van der Waals surface area contributed by atoms with Crippen molar-refractivity contribution in [1.29, 1.82) is 0 Å². The van der Waals surface area contributed by atoms with E-state index in [2.05, 4.69) is 15.9 Å². The predicted octanol–water partition coefficient (Wildman–Crippen LogP) is 0.719. The first-order chi connectivity index (χ1) is 5.61. The van der Waals surface area contributed by atoms with E-state index in [0.717, 1.165) is 25.9 Å². The Balaban J connectivity index is 2.46. The average molecular weight is 235 g/mol. The third kappa shape index (κ3) is 2.45. The summed E-state index contributed by atoms with van der Waals surface area (Å²) in [4.78, 5) is 13.7. The summed E-state index contributed by atoms with van der Waals surface area (Å²) in [5.74, 6) is 0.0687. The summed E-state index contributed by atoms with van der Waals surface area (Å²) in [5, 5.41) is 0. The number of amides is 1. The number of likely N-dealkylation sites (tertiary alicyclic amines) is 1. The number of alkyl halides is 1. The fraction of sp³-hybridized carbons (Fsp3) is 0.875. The first-order valence-electron chi connectivity index (χ1n) is 4.29. The summed E-state index contributed by atoms with van der Waals surface area (Å²) in [6.45, 7) is 3.41. The number of hydrogen-bond donors (Lipinski definition) is 1. The van der Waals surface area contributed by atoms with E-state index in [0.29, 0.717) is 4.83 Å². The van der Waals surface area contributed by atoms with Crippen molar-refractivity contribution < 1.29 is 4.79 Å². The molecule has 12 heavy (non-hydrogen) atoms. The lowest BCUT2D eigenvalue weighted by atomic mass is 10.1. The Morgan fingerprint density at radius 3 is 2.92 bits per heavy atom. The molecule has 4 heteroatoms. The van der Waals surface area contributed by atoms with Gasteiger partial charge in [-0.3, -0.25) is 4.79 Å². The fourth-order valence-corrected chi connectivity index (χ4v) is 2.09. The number of carbonyl (C=O) groups is 1. The van der Waals surface area contributed by atoms with Gasteiger partial charge >= 0.3 is 0 Å². The third-order valence-corrected chi connectivity index (χ3v) is 2.81. The molecule has 0 spiro atoms. The zero-order valence-electron chi connectivity index (χ0n) is 7.29. The number of nitrogens with two attached hydrogens (primary N) is 1. The summed E-state index contributed by atoms with van der Waals surface area (Å²) < 4.78 is 0. The number of halogens is 1. The number of carbonyl (C=O) groups excluding carboxylic acids is 1. The van der Waals surface area contributed by atoms with E-state index in [1.54, 1.807) is 6.92 Å². The predicted molar refractivity (Wildman–Crippen MR) is 52.2 cm³/mol. The highest BCUT2D eigenvalue weighted by Crippen LogP contribution is 2.16.